The van der Waals surface area contributed by atoms with Crippen molar-refractivity contribution in [2.75, 3.05) is 5.73 Å². The fourth-order valence-corrected chi connectivity index (χ4v) is 2.35. The van der Waals surface area contributed by atoms with Gasteiger partial charge in [-0.25, -0.2) is 4.98 Å². The minimum Gasteiger partial charge on any atom is -0.473 e. The van der Waals surface area contributed by atoms with Gasteiger partial charge in [-0.3, -0.25) is 0 Å². The van der Waals surface area contributed by atoms with Crippen LogP contribution in [0.3, 0.4) is 0 Å². The molecule has 0 fully saturated rings. The third-order valence-corrected chi connectivity index (χ3v) is 3.40. The van der Waals surface area contributed by atoms with Crippen LogP contribution in [-0.2, 0) is 6.61 Å². The number of aryl methyl sites for hydroxylation is 1. The molecule has 0 atom stereocenters. The summed E-state index contributed by atoms with van der Waals surface area (Å²) < 4.78 is 5.69. The molecule has 0 bridgehead atoms. The number of hydrogen-bond acceptors (Lipinski definition) is 3. The number of rotatable bonds is 4. The Balaban J connectivity index is 1.72. The Hall–Kier alpha value is -2.81. The summed E-state index contributed by atoms with van der Waals surface area (Å²) in [5.74, 6) is 0.619. The van der Waals surface area contributed by atoms with E-state index in [9.17, 15) is 0 Å². The molecule has 3 nitrogen and oxygen atoms in total. The number of nitrogen functional groups attached to an aromatic ring is 1. The predicted octanol–water partition coefficient (Wildman–Crippen LogP) is 4.22. The molecule has 1 heterocycles. The van der Waals surface area contributed by atoms with Gasteiger partial charge >= 0.3 is 0 Å². The van der Waals surface area contributed by atoms with Gasteiger partial charge in [0.2, 0.25) is 5.88 Å². The first-order valence-corrected chi connectivity index (χ1v) is 7.21. The highest BCUT2D eigenvalue weighted by molar-refractivity contribution is 5.68. The van der Waals surface area contributed by atoms with Crippen LogP contribution in [-0.4, -0.2) is 4.98 Å². The van der Waals surface area contributed by atoms with Crippen LogP contribution in [0.1, 0.15) is 11.1 Å². The summed E-state index contributed by atoms with van der Waals surface area (Å²) in [5.41, 5.74) is 11.0. The van der Waals surface area contributed by atoms with E-state index >= 15 is 0 Å². The Kier molecular flexibility index (Phi) is 4.05. The molecule has 0 aliphatic carbocycles. The molecule has 0 aliphatic heterocycles. The fraction of sp³-hybridized carbons (Fsp3) is 0.105. The first kappa shape index (κ1) is 14.1. The normalized spacial score (nSPS) is 10.4. The minimum atomic E-state index is 0.518. The van der Waals surface area contributed by atoms with Crippen LogP contribution >= 0.6 is 0 Å². The lowest BCUT2D eigenvalue weighted by Gasteiger charge is -2.08. The van der Waals surface area contributed by atoms with E-state index in [1.807, 2.05) is 67.7 Å². The number of nitrogens with two attached hydrogens (primary N) is 1. The van der Waals surface area contributed by atoms with Crippen LogP contribution in [0.5, 0.6) is 5.88 Å². The fourth-order valence-electron chi connectivity index (χ4n) is 2.35. The molecule has 0 saturated heterocycles. The second-order valence-corrected chi connectivity index (χ2v) is 5.29. The molecular formula is C19H18N2O. The number of aromatic nitrogens is 1. The maximum absolute atomic E-state index is 5.89. The van der Waals surface area contributed by atoms with Gasteiger partial charge in [0.25, 0.3) is 0 Å². The van der Waals surface area contributed by atoms with E-state index in [0.29, 0.717) is 12.5 Å². The van der Waals surface area contributed by atoms with Crippen molar-refractivity contribution in [1.29, 1.82) is 0 Å². The zero-order valence-electron chi connectivity index (χ0n) is 12.5. The summed E-state index contributed by atoms with van der Waals surface area (Å²) in [5, 5.41) is 0. The zero-order valence-corrected chi connectivity index (χ0v) is 12.5. The summed E-state index contributed by atoms with van der Waals surface area (Å²) >= 11 is 0. The van der Waals surface area contributed by atoms with Crippen LogP contribution < -0.4 is 10.5 Å². The number of ether oxygens (including phenoxy) is 1. The van der Waals surface area contributed by atoms with Gasteiger partial charge in [0.15, 0.2) is 0 Å². The molecule has 0 radical (unpaired) electrons. The van der Waals surface area contributed by atoms with Crippen LogP contribution in [0.25, 0.3) is 11.1 Å². The smallest absolute Gasteiger partial charge is 0.213 e. The van der Waals surface area contributed by atoms with Crippen LogP contribution in [0, 0.1) is 6.92 Å². The molecule has 22 heavy (non-hydrogen) atoms. The number of benzene rings is 2. The molecule has 0 amide bonds. The maximum atomic E-state index is 5.89. The van der Waals surface area contributed by atoms with Gasteiger partial charge in [-0.15, -0.1) is 0 Å². The molecular weight excluding hydrogens is 272 g/mol. The van der Waals surface area contributed by atoms with E-state index in [2.05, 4.69) is 11.1 Å². The summed E-state index contributed by atoms with van der Waals surface area (Å²) in [6.45, 7) is 2.55. The summed E-state index contributed by atoms with van der Waals surface area (Å²) in [7, 11) is 0. The molecule has 3 rings (SSSR count). The van der Waals surface area contributed by atoms with E-state index < -0.39 is 0 Å². The van der Waals surface area contributed by atoms with Gasteiger partial charge in [0, 0.05) is 23.5 Å². The molecule has 2 aromatic carbocycles. The average molecular weight is 290 g/mol. The second-order valence-electron chi connectivity index (χ2n) is 5.29. The van der Waals surface area contributed by atoms with Crippen LogP contribution in [0.4, 0.5) is 5.69 Å². The van der Waals surface area contributed by atoms with Crippen molar-refractivity contribution < 1.29 is 4.74 Å². The number of pyridine rings is 1. The predicted molar refractivity (Wildman–Crippen MR) is 89.6 cm³/mol. The first-order valence-electron chi connectivity index (χ1n) is 7.21. The van der Waals surface area contributed by atoms with E-state index in [1.165, 1.54) is 0 Å². The molecule has 3 heteroatoms. The van der Waals surface area contributed by atoms with E-state index in [4.69, 9.17) is 10.5 Å². The first-order chi connectivity index (χ1) is 10.7. The van der Waals surface area contributed by atoms with Gasteiger partial charge in [-0.1, -0.05) is 36.4 Å². The van der Waals surface area contributed by atoms with Gasteiger partial charge in [0.05, 0.1) is 0 Å². The Morgan fingerprint density at radius 3 is 2.45 bits per heavy atom. The lowest BCUT2D eigenvalue weighted by molar-refractivity contribution is 0.294. The highest BCUT2D eigenvalue weighted by Crippen LogP contribution is 2.24. The lowest BCUT2D eigenvalue weighted by Crippen LogP contribution is -1.97. The highest BCUT2D eigenvalue weighted by Gasteiger charge is 2.02. The molecule has 3 aromatic rings. The van der Waals surface area contributed by atoms with Crippen molar-refractivity contribution in [2.45, 2.75) is 13.5 Å². The van der Waals surface area contributed by atoms with Crippen molar-refractivity contribution in [3.8, 4) is 17.0 Å². The van der Waals surface area contributed by atoms with Crippen molar-refractivity contribution in [3.05, 3.63) is 78.0 Å². The topological polar surface area (TPSA) is 48.1 Å². The van der Waals surface area contributed by atoms with Crippen molar-refractivity contribution in [2.24, 2.45) is 0 Å². The second kappa shape index (κ2) is 6.31. The largest absolute Gasteiger partial charge is 0.473 e. The van der Waals surface area contributed by atoms with Crippen LogP contribution in [0.15, 0.2) is 66.9 Å². The van der Waals surface area contributed by atoms with E-state index in [0.717, 1.165) is 27.9 Å². The third kappa shape index (κ3) is 3.44. The summed E-state index contributed by atoms with van der Waals surface area (Å²) in [6.07, 6.45) is 1.81. The zero-order chi connectivity index (χ0) is 15.4. The quantitative estimate of drug-likeness (QED) is 0.732. The standard InChI is InChI=1S/C19H18N2O/c1-14-9-17(11-18(20)10-14)16-7-8-19(21-12-16)22-13-15-5-3-2-4-6-15/h2-12H,13,20H2,1H3. The summed E-state index contributed by atoms with van der Waals surface area (Å²) in [4.78, 5) is 4.37. The summed E-state index contributed by atoms with van der Waals surface area (Å²) in [6, 6.07) is 19.9. The molecule has 0 aliphatic rings. The van der Waals surface area contributed by atoms with Gasteiger partial charge in [-0.2, -0.15) is 0 Å². The highest BCUT2D eigenvalue weighted by atomic mass is 16.5. The number of anilines is 1. The van der Waals surface area contributed by atoms with Gasteiger partial charge in [-0.05, 0) is 41.8 Å². The monoisotopic (exact) mass is 290 g/mol. The molecule has 1 aromatic heterocycles. The van der Waals surface area contributed by atoms with Crippen LogP contribution in [0.2, 0.25) is 0 Å². The van der Waals surface area contributed by atoms with Crippen molar-refractivity contribution in [1.82, 2.24) is 4.98 Å². The Bertz CT molecular complexity index is 732. The Morgan fingerprint density at radius 1 is 0.955 bits per heavy atom. The molecule has 0 saturated carbocycles. The molecule has 0 spiro atoms. The maximum Gasteiger partial charge on any atom is 0.213 e. The molecule has 2 N–H and O–H groups in total. The van der Waals surface area contributed by atoms with Crippen molar-refractivity contribution in [3.63, 3.8) is 0 Å². The lowest BCUT2D eigenvalue weighted by atomic mass is 10.0. The van der Waals surface area contributed by atoms with Gasteiger partial charge < -0.3 is 10.5 Å². The van der Waals surface area contributed by atoms with E-state index in [1.54, 1.807) is 0 Å². The van der Waals surface area contributed by atoms with Crippen molar-refractivity contribution >= 4 is 5.69 Å². The van der Waals surface area contributed by atoms with E-state index in [-0.39, 0.29) is 0 Å². The third-order valence-electron chi connectivity index (χ3n) is 3.40. The molecule has 0 unspecified atom stereocenters. The number of nitrogens with zero attached hydrogens (tertiary/aromatic N) is 1. The minimum absolute atomic E-state index is 0.518. The Labute approximate surface area is 130 Å². The van der Waals surface area contributed by atoms with Gasteiger partial charge in [0.1, 0.15) is 6.61 Å². The number of hydrogen-bond donors (Lipinski definition) is 1. The Morgan fingerprint density at radius 2 is 1.77 bits per heavy atom. The SMILES string of the molecule is Cc1cc(N)cc(-c2ccc(OCc3ccccc3)nc2)c1. The molecule has 110 valence electrons. The average Bonchev–Trinajstić information content (AvgIpc) is 2.53.